The van der Waals surface area contributed by atoms with Gasteiger partial charge in [-0.05, 0) is 19.3 Å². The largest absolute Gasteiger partial charge is 0.370 e. The number of rotatable bonds is 4. The van der Waals surface area contributed by atoms with Crippen molar-refractivity contribution in [1.29, 1.82) is 0 Å². The van der Waals surface area contributed by atoms with Crippen molar-refractivity contribution in [1.82, 2.24) is 5.32 Å². The minimum Gasteiger partial charge on any atom is -0.370 e. The third-order valence-electron chi connectivity index (χ3n) is 2.58. The molecular weight excluding hydrogens is 222 g/mol. The highest BCUT2D eigenvalue weighted by atomic mass is 32.2. The molecule has 0 spiro atoms. The number of primary amides is 1. The Bertz CT molecular complexity index is 278. The van der Waals surface area contributed by atoms with Crippen LogP contribution in [0.5, 0.6) is 0 Å². The Balaban J connectivity index is 2.49. The molecule has 1 amide bonds. The highest BCUT2D eigenvalue weighted by Crippen LogP contribution is 2.21. The molecule has 1 rings (SSSR count). The highest BCUT2D eigenvalue weighted by molar-refractivity contribution is 8.13. The molecule has 16 heavy (non-hydrogen) atoms. The monoisotopic (exact) mass is 243 g/mol. The molecule has 2 atom stereocenters. The Morgan fingerprint density at radius 1 is 1.62 bits per heavy atom. The summed E-state index contributed by atoms with van der Waals surface area (Å²) >= 11 is 1.73. The first-order valence-electron chi connectivity index (χ1n) is 5.74. The predicted octanol–water partition coefficient (Wildman–Crippen LogP) is 1.36. The van der Waals surface area contributed by atoms with E-state index in [0.29, 0.717) is 18.4 Å². The maximum absolute atomic E-state index is 10.8. The van der Waals surface area contributed by atoms with Crippen LogP contribution in [0.2, 0.25) is 0 Å². The van der Waals surface area contributed by atoms with Crippen LogP contribution in [-0.2, 0) is 4.79 Å². The third-order valence-corrected chi connectivity index (χ3v) is 3.52. The second-order valence-electron chi connectivity index (χ2n) is 4.60. The third kappa shape index (κ3) is 4.43. The van der Waals surface area contributed by atoms with Crippen LogP contribution in [0.3, 0.4) is 0 Å². The van der Waals surface area contributed by atoms with Gasteiger partial charge in [-0.3, -0.25) is 9.79 Å². The molecule has 1 aliphatic heterocycles. The van der Waals surface area contributed by atoms with E-state index < -0.39 is 0 Å². The van der Waals surface area contributed by atoms with Crippen molar-refractivity contribution in [3.8, 4) is 0 Å². The predicted molar refractivity (Wildman–Crippen MR) is 69.5 cm³/mol. The second-order valence-corrected chi connectivity index (χ2v) is 5.68. The molecule has 0 saturated heterocycles. The molecule has 0 aliphatic carbocycles. The molecule has 0 saturated carbocycles. The van der Waals surface area contributed by atoms with E-state index in [1.807, 2.05) is 6.92 Å². The van der Waals surface area contributed by atoms with Crippen molar-refractivity contribution in [2.75, 3.05) is 5.75 Å². The number of carbonyl (C=O) groups is 1. The summed E-state index contributed by atoms with van der Waals surface area (Å²) in [6.45, 7) is 6.33. The van der Waals surface area contributed by atoms with Crippen molar-refractivity contribution < 1.29 is 4.79 Å². The van der Waals surface area contributed by atoms with Gasteiger partial charge in [-0.2, -0.15) is 0 Å². The normalized spacial score (nSPS) is 22.8. The fraction of sp³-hybridized carbons (Fsp3) is 0.818. The summed E-state index contributed by atoms with van der Waals surface area (Å²) in [7, 11) is 0. The van der Waals surface area contributed by atoms with Gasteiger partial charge in [0, 0.05) is 18.2 Å². The SMILES string of the molecule is CC(CC(N)=O)NC1=NC(C(C)C)CCS1. The summed E-state index contributed by atoms with van der Waals surface area (Å²) in [4.78, 5) is 15.4. The molecule has 0 fully saturated rings. The zero-order valence-electron chi connectivity index (χ0n) is 10.2. The molecule has 5 heteroatoms. The molecule has 0 aromatic carbocycles. The molecule has 1 aliphatic rings. The molecule has 4 nitrogen and oxygen atoms in total. The van der Waals surface area contributed by atoms with Gasteiger partial charge < -0.3 is 11.1 Å². The summed E-state index contributed by atoms with van der Waals surface area (Å²) in [5, 5.41) is 4.20. The van der Waals surface area contributed by atoms with E-state index in [4.69, 9.17) is 5.73 Å². The average Bonchev–Trinajstić information content (AvgIpc) is 2.16. The van der Waals surface area contributed by atoms with E-state index in [9.17, 15) is 4.79 Å². The molecule has 92 valence electrons. The van der Waals surface area contributed by atoms with Gasteiger partial charge >= 0.3 is 0 Å². The standard InChI is InChI=1S/C11H21N3OS/c1-7(2)9-4-5-16-11(14-9)13-8(3)6-10(12)15/h7-9H,4-6H2,1-3H3,(H2,12,15)(H,13,14). The summed E-state index contributed by atoms with van der Waals surface area (Å²) < 4.78 is 0. The molecule has 1 heterocycles. The van der Waals surface area contributed by atoms with E-state index in [2.05, 4.69) is 24.2 Å². The first kappa shape index (κ1) is 13.4. The lowest BCUT2D eigenvalue weighted by molar-refractivity contribution is -0.118. The van der Waals surface area contributed by atoms with Gasteiger partial charge in [-0.25, -0.2) is 0 Å². The van der Waals surface area contributed by atoms with Crippen molar-refractivity contribution in [2.45, 2.75) is 45.7 Å². The minimum absolute atomic E-state index is 0.0645. The van der Waals surface area contributed by atoms with Gasteiger partial charge in [0.25, 0.3) is 0 Å². The summed E-state index contributed by atoms with van der Waals surface area (Å²) in [6.07, 6.45) is 1.49. The first-order valence-corrected chi connectivity index (χ1v) is 6.73. The van der Waals surface area contributed by atoms with E-state index in [0.717, 1.165) is 17.3 Å². The zero-order valence-corrected chi connectivity index (χ0v) is 11.0. The summed E-state index contributed by atoms with van der Waals surface area (Å²) in [6, 6.07) is 0.471. The van der Waals surface area contributed by atoms with Crippen molar-refractivity contribution in [3.63, 3.8) is 0 Å². The topological polar surface area (TPSA) is 67.5 Å². The molecule has 2 unspecified atom stereocenters. The number of amides is 1. The molecular formula is C11H21N3OS. The van der Waals surface area contributed by atoms with Crippen molar-refractivity contribution >= 4 is 22.8 Å². The number of carbonyl (C=O) groups excluding carboxylic acids is 1. The Morgan fingerprint density at radius 3 is 2.88 bits per heavy atom. The summed E-state index contributed by atoms with van der Waals surface area (Å²) in [5.41, 5.74) is 5.15. The second kappa shape index (κ2) is 6.13. The number of aliphatic imine (C=N–C) groups is 1. The van der Waals surface area contributed by atoms with Crippen LogP contribution in [0.25, 0.3) is 0 Å². The van der Waals surface area contributed by atoms with Crippen LogP contribution in [-0.4, -0.2) is 28.9 Å². The maximum Gasteiger partial charge on any atom is 0.219 e. The van der Waals surface area contributed by atoms with Crippen LogP contribution < -0.4 is 11.1 Å². The highest BCUT2D eigenvalue weighted by Gasteiger charge is 2.19. The minimum atomic E-state index is -0.276. The lowest BCUT2D eigenvalue weighted by Crippen LogP contribution is -2.37. The number of thioether (sulfide) groups is 1. The number of nitrogens with one attached hydrogen (secondary N) is 1. The van der Waals surface area contributed by atoms with Gasteiger partial charge in [0.1, 0.15) is 0 Å². The van der Waals surface area contributed by atoms with Gasteiger partial charge in [-0.15, -0.1) is 0 Å². The van der Waals surface area contributed by atoms with Crippen LogP contribution in [0.15, 0.2) is 4.99 Å². The van der Waals surface area contributed by atoms with Gasteiger partial charge in [-0.1, -0.05) is 25.6 Å². The fourth-order valence-electron chi connectivity index (χ4n) is 1.65. The Morgan fingerprint density at radius 2 is 2.31 bits per heavy atom. The van der Waals surface area contributed by atoms with Gasteiger partial charge in [0.15, 0.2) is 5.17 Å². The average molecular weight is 243 g/mol. The fourth-order valence-corrected chi connectivity index (χ4v) is 2.70. The smallest absolute Gasteiger partial charge is 0.219 e. The number of nitrogens with two attached hydrogens (primary N) is 1. The van der Waals surface area contributed by atoms with Crippen molar-refractivity contribution in [3.05, 3.63) is 0 Å². The van der Waals surface area contributed by atoms with E-state index in [-0.39, 0.29) is 11.9 Å². The van der Waals surface area contributed by atoms with Crippen LogP contribution in [0.1, 0.15) is 33.6 Å². The molecule has 0 aromatic heterocycles. The molecule has 0 aromatic rings. The van der Waals surface area contributed by atoms with E-state index in [1.165, 1.54) is 0 Å². The number of hydrogen-bond donors (Lipinski definition) is 2. The maximum atomic E-state index is 10.8. The molecule has 3 N–H and O–H groups in total. The number of nitrogens with zero attached hydrogens (tertiary/aromatic N) is 1. The van der Waals surface area contributed by atoms with Crippen molar-refractivity contribution in [2.24, 2.45) is 16.6 Å². The quantitative estimate of drug-likeness (QED) is 0.783. The number of hydrogen-bond acceptors (Lipinski definition) is 4. The Hall–Kier alpha value is -0.710. The zero-order chi connectivity index (χ0) is 12.1. The molecule has 0 bridgehead atoms. The van der Waals surface area contributed by atoms with Crippen LogP contribution in [0.4, 0.5) is 0 Å². The Kier molecular flexibility index (Phi) is 5.12. The Labute approximate surface area is 101 Å². The molecule has 0 radical (unpaired) electrons. The van der Waals surface area contributed by atoms with E-state index >= 15 is 0 Å². The first-order chi connectivity index (χ1) is 7.49. The summed E-state index contributed by atoms with van der Waals surface area (Å²) in [5.74, 6) is 1.39. The lowest BCUT2D eigenvalue weighted by atomic mass is 10.0. The van der Waals surface area contributed by atoms with Gasteiger partial charge in [0.05, 0.1) is 6.04 Å². The number of amidine groups is 1. The van der Waals surface area contributed by atoms with Crippen LogP contribution >= 0.6 is 11.8 Å². The van der Waals surface area contributed by atoms with E-state index in [1.54, 1.807) is 11.8 Å². The van der Waals surface area contributed by atoms with Gasteiger partial charge in [0.2, 0.25) is 5.91 Å². The van der Waals surface area contributed by atoms with Crippen LogP contribution in [0, 0.1) is 5.92 Å². The lowest BCUT2D eigenvalue weighted by Gasteiger charge is -2.25.